The molecule has 238 valence electrons. The normalized spacial score (nSPS) is 11.5. The van der Waals surface area contributed by atoms with Gasteiger partial charge in [-0.05, 0) is 79.8 Å². The van der Waals surface area contributed by atoms with Crippen LogP contribution < -0.4 is 0 Å². The van der Waals surface area contributed by atoms with Crippen LogP contribution in [0.1, 0.15) is 0 Å². The molecule has 5 nitrogen and oxygen atoms in total. The number of benzene rings is 8. The van der Waals surface area contributed by atoms with Gasteiger partial charge in [0.15, 0.2) is 23.3 Å². The summed E-state index contributed by atoms with van der Waals surface area (Å²) in [5.74, 6) is 2.35. The van der Waals surface area contributed by atoms with Crippen LogP contribution in [-0.2, 0) is 0 Å². The Morgan fingerprint density at radius 3 is 1.55 bits per heavy atom. The van der Waals surface area contributed by atoms with Gasteiger partial charge in [-0.1, -0.05) is 140 Å². The van der Waals surface area contributed by atoms with Gasteiger partial charge in [0.1, 0.15) is 0 Å². The third-order valence-corrected chi connectivity index (χ3v) is 9.64. The van der Waals surface area contributed by atoms with Crippen molar-refractivity contribution in [2.75, 3.05) is 0 Å². The highest BCUT2D eigenvalue weighted by molar-refractivity contribution is 6.25. The molecule has 8 aromatic carbocycles. The fourth-order valence-corrected chi connectivity index (χ4v) is 7.26. The third kappa shape index (κ3) is 4.94. The summed E-state index contributed by atoms with van der Waals surface area (Å²) in [4.78, 5) is 20.3. The van der Waals surface area contributed by atoms with Crippen molar-refractivity contribution >= 4 is 43.4 Å². The summed E-state index contributed by atoms with van der Waals surface area (Å²) in [6.07, 6.45) is 0. The highest BCUT2D eigenvalue weighted by Crippen LogP contribution is 2.38. The van der Waals surface area contributed by atoms with Crippen LogP contribution in [0.3, 0.4) is 0 Å². The first-order chi connectivity index (χ1) is 25.3. The van der Waals surface area contributed by atoms with Gasteiger partial charge >= 0.3 is 0 Å². The van der Waals surface area contributed by atoms with E-state index >= 15 is 0 Å². The highest BCUT2D eigenvalue weighted by Gasteiger charge is 2.20. The van der Waals surface area contributed by atoms with E-state index in [0.717, 1.165) is 39.0 Å². The minimum absolute atomic E-state index is 0.508. The minimum Gasteiger partial charge on any atom is -0.290 e. The van der Waals surface area contributed by atoms with E-state index in [1.54, 1.807) is 0 Å². The molecule has 0 fully saturated rings. The first-order valence-corrected chi connectivity index (χ1v) is 17.1. The van der Waals surface area contributed by atoms with E-state index in [-0.39, 0.29) is 0 Å². The number of nitrogens with zero attached hydrogens (tertiary/aromatic N) is 5. The molecule has 0 spiro atoms. The fraction of sp³-hybridized carbons (Fsp3) is 0. The average molecular weight is 652 g/mol. The molecule has 0 aliphatic carbocycles. The summed E-state index contributed by atoms with van der Waals surface area (Å²) in [7, 11) is 0. The Balaban J connectivity index is 1.16. The van der Waals surface area contributed by atoms with E-state index < -0.39 is 0 Å². The zero-order valence-electron chi connectivity index (χ0n) is 27.5. The molecule has 0 radical (unpaired) electrons. The number of imidazole rings is 1. The molecular formula is C46H29N5. The number of hydrogen-bond donors (Lipinski definition) is 0. The molecule has 51 heavy (non-hydrogen) atoms. The summed E-state index contributed by atoms with van der Waals surface area (Å²) in [5.41, 5.74) is 6.88. The maximum absolute atomic E-state index is 5.14. The molecule has 0 aliphatic heterocycles. The fourth-order valence-electron chi connectivity index (χ4n) is 7.26. The van der Waals surface area contributed by atoms with Crippen LogP contribution in [0.5, 0.6) is 0 Å². The van der Waals surface area contributed by atoms with Crippen LogP contribution in [0, 0.1) is 0 Å². The predicted molar refractivity (Wildman–Crippen MR) is 209 cm³/mol. The van der Waals surface area contributed by atoms with Crippen molar-refractivity contribution in [1.29, 1.82) is 0 Å². The Kier molecular flexibility index (Phi) is 6.74. The number of fused-ring (bicyclic) bond motifs is 7. The van der Waals surface area contributed by atoms with Crippen LogP contribution in [0.4, 0.5) is 0 Å². The lowest BCUT2D eigenvalue weighted by molar-refractivity contribution is 1.01. The molecule has 0 N–H and O–H groups in total. The van der Waals surface area contributed by atoms with Gasteiger partial charge in [-0.3, -0.25) is 4.57 Å². The number of aromatic nitrogens is 5. The van der Waals surface area contributed by atoms with Crippen molar-refractivity contribution in [2.45, 2.75) is 0 Å². The van der Waals surface area contributed by atoms with E-state index in [9.17, 15) is 0 Å². The summed E-state index contributed by atoms with van der Waals surface area (Å²) in [5, 5.41) is 7.54. The van der Waals surface area contributed by atoms with Crippen molar-refractivity contribution in [1.82, 2.24) is 24.5 Å². The molecule has 2 heterocycles. The Hall–Kier alpha value is -6.98. The predicted octanol–water partition coefficient (Wildman–Crippen LogP) is 11.3. The molecule has 0 unspecified atom stereocenters. The van der Waals surface area contributed by atoms with Crippen molar-refractivity contribution < 1.29 is 0 Å². The Labute approximate surface area is 294 Å². The van der Waals surface area contributed by atoms with Crippen LogP contribution >= 0.6 is 0 Å². The summed E-state index contributed by atoms with van der Waals surface area (Å²) < 4.78 is 2.13. The molecule has 0 bridgehead atoms. The second-order valence-electron chi connectivity index (χ2n) is 12.7. The monoisotopic (exact) mass is 651 g/mol. The lowest BCUT2D eigenvalue weighted by Gasteiger charge is -2.13. The van der Waals surface area contributed by atoms with E-state index in [2.05, 4.69) is 114 Å². The van der Waals surface area contributed by atoms with Gasteiger partial charge < -0.3 is 0 Å². The molecule has 0 saturated heterocycles. The molecule has 0 saturated carbocycles. The van der Waals surface area contributed by atoms with E-state index in [4.69, 9.17) is 19.9 Å². The van der Waals surface area contributed by atoms with Gasteiger partial charge in [-0.15, -0.1) is 0 Å². The SMILES string of the molecule is c1ccc(-c2nc(-c3cccc(-c4ccc5c6ccccc6c6ccccc6c5c4)c3)nc(-c3nc4ccccc4n3-c3ccccc3)n2)cc1. The second-order valence-corrected chi connectivity index (χ2v) is 12.7. The quantitative estimate of drug-likeness (QED) is 0.174. The molecular weight excluding hydrogens is 623 g/mol. The molecule has 0 atom stereocenters. The zero-order chi connectivity index (χ0) is 33.7. The zero-order valence-corrected chi connectivity index (χ0v) is 27.5. The Morgan fingerprint density at radius 1 is 0.314 bits per heavy atom. The van der Waals surface area contributed by atoms with E-state index in [0.29, 0.717) is 23.3 Å². The van der Waals surface area contributed by atoms with E-state index in [1.165, 1.54) is 32.3 Å². The Morgan fingerprint density at radius 2 is 0.824 bits per heavy atom. The lowest BCUT2D eigenvalue weighted by Crippen LogP contribution is -2.05. The minimum atomic E-state index is 0.508. The average Bonchev–Trinajstić information content (AvgIpc) is 3.61. The van der Waals surface area contributed by atoms with Crippen molar-refractivity contribution in [3.05, 3.63) is 176 Å². The summed E-state index contributed by atoms with van der Waals surface area (Å²) in [6.45, 7) is 0. The maximum Gasteiger partial charge on any atom is 0.200 e. The highest BCUT2D eigenvalue weighted by atomic mass is 15.1. The first kappa shape index (κ1) is 29.0. The molecule has 10 rings (SSSR count). The van der Waals surface area contributed by atoms with Gasteiger partial charge in [0.05, 0.1) is 11.0 Å². The van der Waals surface area contributed by atoms with Crippen LogP contribution in [0.25, 0.3) is 94.6 Å². The molecule has 5 heteroatoms. The van der Waals surface area contributed by atoms with Crippen molar-refractivity contribution in [2.24, 2.45) is 0 Å². The smallest absolute Gasteiger partial charge is 0.200 e. The first-order valence-electron chi connectivity index (χ1n) is 17.1. The summed E-state index contributed by atoms with van der Waals surface area (Å²) >= 11 is 0. The van der Waals surface area contributed by atoms with Gasteiger partial charge in [-0.25, -0.2) is 19.9 Å². The topological polar surface area (TPSA) is 56.5 Å². The van der Waals surface area contributed by atoms with Crippen LogP contribution in [0.2, 0.25) is 0 Å². The van der Waals surface area contributed by atoms with Crippen molar-refractivity contribution in [3.63, 3.8) is 0 Å². The van der Waals surface area contributed by atoms with Gasteiger partial charge in [-0.2, -0.15) is 0 Å². The Bertz CT molecular complexity index is 2880. The molecule has 0 amide bonds. The second kappa shape index (κ2) is 11.9. The number of rotatable bonds is 5. The van der Waals surface area contributed by atoms with Crippen molar-refractivity contribution in [3.8, 4) is 51.2 Å². The third-order valence-electron chi connectivity index (χ3n) is 9.64. The molecule has 10 aromatic rings. The lowest BCUT2D eigenvalue weighted by atomic mass is 9.92. The van der Waals surface area contributed by atoms with E-state index in [1.807, 2.05) is 66.7 Å². The van der Waals surface area contributed by atoms with Crippen LogP contribution in [-0.4, -0.2) is 24.5 Å². The van der Waals surface area contributed by atoms with Gasteiger partial charge in [0.25, 0.3) is 0 Å². The van der Waals surface area contributed by atoms with Gasteiger partial charge in [0, 0.05) is 16.8 Å². The van der Waals surface area contributed by atoms with Crippen LogP contribution in [0.15, 0.2) is 176 Å². The largest absolute Gasteiger partial charge is 0.290 e. The molecule has 2 aromatic heterocycles. The molecule has 0 aliphatic rings. The van der Waals surface area contributed by atoms with Gasteiger partial charge in [0.2, 0.25) is 0 Å². The number of hydrogen-bond acceptors (Lipinski definition) is 4. The number of para-hydroxylation sites is 3. The summed E-state index contributed by atoms with van der Waals surface area (Å²) in [6, 6.07) is 61.1. The standard InChI is InChI=1S/C46H29N5/c1-3-14-30(15-4-1)43-48-44(50-45(49-43)46-47-41-24-11-12-25-42(41)51(46)34-18-5-2-6-19-34)33-17-13-16-31(28-33)32-26-27-39-37-22-8-7-20-35(37)36-21-9-10-23-38(36)40(39)29-32/h1-29H. The maximum atomic E-state index is 5.14.